The smallest absolute Gasteiger partial charge is 0.269 e. The van der Waals surface area contributed by atoms with Gasteiger partial charge in [0.1, 0.15) is 0 Å². The van der Waals surface area contributed by atoms with Crippen molar-refractivity contribution in [1.29, 1.82) is 0 Å². The van der Waals surface area contributed by atoms with Gasteiger partial charge in [0.2, 0.25) is 0 Å². The maximum absolute atomic E-state index is 11.7. The van der Waals surface area contributed by atoms with Gasteiger partial charge in [-0.1, -0.05) is 19.4 Å². The summed E-state index contributed by atoms with van der Waals surface area (Å²) in [6.07, 6.45) is 2.57. The molecular weight excluding hydrogens is 270 g/mol. The van der Waals surface area contributed by atoms with Crippen LogP contribution in [-0.4, -0.2) is 15.8 Å². The molecule has 2 rings (SSSR count). The van der Waals surface area contributed by atoms with Crippen molar-refractivity contribution in [1.82, 2.24) is 0 Å². The van der Waals surface area contributed by atoms with E-state index in [1.54, 1.807) is 18.2 Å². The Morgan fingerprint density at radius 1 is 1.29 bits per heavy atom. The molecule has 112 valence electrons. The Balaban J connectivity index is 2.09. The number of carbonyl (C=O) groups is 1. The van der Waals surface area contributed by atoms with Gasteiger partial charge >= 0.3 is 0 Å². The van der Waals surface area contributed by atoms with Crippen molar-refractivity contribution in [3.8, 4) is 0 Å². The molecular formula is C16H19NO4. The lowest BCUT2D eigenvalue weighted by atomic mass is 9.75. The molecule has 0 saturated carbocycles. The Hall–Kier alpha value is -2.01. The van der Waals surface area contributed by atoms with Gasteiger partial charge in [-0.25, -0.2) is 0 Å². The number of nitro benzene ring substituents is 1. The molecule has 0 spiro atoms. The van der Waals surface area contributed by atoms with Crippen LogP contribution in [0, 0.1) is 15.5 Å². The van der Waals surface area contributed by atoms with Crippen LogP contribution in [0.4, 0.5) is 5.69 Å². The molecule has 0 aromatic heterocycles. The normalized spacial score (nSPS) is 19.0. The molecule has 0 radical (unpaired) electrons. The zero-order valence-electron chi connectivity index (χ0n) is 12.2. The molecule has 1 unspecified atom stereocenters. The van der Waals surface area contributed by atoms with Crippen molar-refractivity contribution in [2.45, 2.75) is 39.2 Å². The fraction of sp³-hybridized carbons (Fsp3) is 0.438. The van der Waals surface area contributed by atoms with Crippen molar-refractivity contribution in [3.05, 3.63) is 51.6 Å². The first-order valence-corrected chi connectivity index (χ1v) is 6.91. The van der Waals surface area contributed by atoms with E-state index in [0.717, 1.165) is 12.0 Å². The highest BCUT2D eigenvalue weighted by atomic mass is 16.6. The van der Waals surface area contributed by atoms with Crippen molar-refractivity contribution in [2.24, 2.45) is 5.41 Å². The van der Waals surface area contributed by atoms with Crippen LogP contribution in [0.1, 0.15) is 44.8 Å². The number of rotatable bonds is 4. The molecule has 1 atom stereocenters. The number of hydrogen-bond donors (Lipinski definition) is 1. The molecule has 5 nitrogen and oxygen atoms in total. The van der Waals surface area contributed by atoms with Crippen molar-refractivity contribution in [3.63, 3.8) is 0 Å². The Labute approximate surface area is 123 Å². The molecule has 0 fully saturated rings. The Morgan fingerprint density at radius 3 is 2.43 bits per heavy atom. The summed E-state index contributed by atoms with van der Waals surface area (Å²) < 4.78 is 0. The van der Waals surface area contributed by atoms with Crippen LogP contribution in [0.2, 0.25) is 0 Å². The summed E-state index contributed by atoms with van der Waals surface area (Å²) >= 11 is 0. The van der Waals surface area contributed by atoms with Gasteiger partial charge in [0.15, 0.2) is 5.78 Å². The molecule has 5 heteroatoms. The van der Waals surface area contributed by atoms with Gasteiger partial charge in [-0.05, 0) is 42.0 Å². The molecule has 0 bridgehead atoms. The van der Waals surface area contributed by atoms with Gasteiger partial charge in [0.25, 0.3) is 5.69 Å². The van der Waals surface area contributed by atoms with E-state index in [2.05, 4.69) is 0 Å². The highest BCUT2D eigenvalue weighted by Crippen LogP contribution is 2.37. The van der Waals surface area contributed by atoms with Gasteiger partial charge in [0, 0.05) is 18.6 Å². The second-order valence-corrected chi connectivity index (χ2v) is 6.36. The number of nitrogens with zero attached hydrogens (tertiary/aromatic N) is 1. The number of aliphatic hydroxyl groups excluding tert-OH is 1. The SMILES string of the molecule is CC1(C)CC(=O)C=C(CC(O)c2ccc([N+](=O)[O-])cc2)C1. The monoisotopic (exact) mass is 289 g/mol. The average molecular weight is 289 g/mol. The second kappa shape index (κ2) is 5.77. The van der Waals surface area contributed by atoms with Crippen LogP contribution < -0.4 is 0 Å². The lowest BCUT2D eigenvalue weighted by Crippen LogP contribution is -2.22. The largest absolute Gasteiger partial charge is 0.388 e. The summed E-state index contributed by atoms with van der Waals surface area (Å²) in [5.74, 6) is 0.0946. The second-order valence-electron chi connectivity index (χ2n) is 6.36. The standard InChI is InChI=1S/C16H19NO4/c1-16(2)9-11(7-14(18)10-16)8-15(19)12-3-5-13(6-4-12)17(20)21/h3-7,15,19H,8-10H2,1-2H3. The van der Waals surface area contributed by atoms with Gasteiger partial charge < -0.3 is 5.11 Å². The topological polar surface area (TPSA) is 80.4 Å². The van der Waals surface area contributed by atoms with Gasteiger partial charge in [-0.3, -0.25) is 14.9 Å². The molecule has 0 saturated heterocycles. The molecule has 1 aromatic carbocycles. The summed E-state index contributed by atoms with van der Waals surface area (Å²) in [6, 6.07) is 5.87. The van der Waals surface area contributed by atoms with E-state index >= 15 is 0 Å². The fourth-order valence-corrected chi connectivity index (χ4v) is 2.79. The van der Waals surface area contributed by atoms with E-state index in [1.807, 2.05) is 13.8 Å². The Morgan fingerprint density at radius 2 is 1.90 bits per heavy atom. The minimum absolute atomic E-state index is 0.000793. The number of hydrogen-bond acceptors (Lipinski definition) is 4. The van der Waals surface area contributed by atoms with Crippen LogP contribution in [0.5, 0.6) is 0 Å². The molecule has 1 aliphatic carbocycles. The molecule has 0 amide bonds. The quantitative estimate of drug-likeness (QED) is 0.681. The van der Waals surface area contributed by atoms with E-state index < -0.39 is 11.0 Å². The number of ketones is 1. The predicted molar refractivity (Wildman–Crippen MR) is 78.8 cm³/mol. The number of non-ortho nitro benzene ring substituents is 1. The number of nitro groups is 1. The minimum atomic E-state index is -0.751. The number of benzene rings is 1. The number of carbonyl (C=O) groups excluding carboxylic acids is 1. The maximum atomic E-state index is 11.7. The zero-order valence-corrected chi connectivity index (χ0v) is 12.2. The van der Waals surface area contributed by atoms with Crippen LogP contribution in [0.3, 0.4) is 0 Å². The third kappa shape index (κ3) is 3.98. The Kier molecular flexibility index (Phi) is 4.23. The van der Waals surface area contributed by atoms with Gasteiger partial charge in [-0.15, -0.1) is 0 Å². The van der Waals surface area contributed by atoms with E-state index in [0.29, 0.717) is 18.4 Å². The molecule has 0 aliphatic heterocycles. The summed E-state index contributed by atoms with van der Waals surface area (Å²) in [5.41, 5.74) is 1.48. The first-order chi connectivity index (χ1) is 9.77. The molecule has 21 heavy (non-hydrogen) atoms. The van der Waals surface area contributed by atoms with E-state index in [-0.39, 0.29) is 16.9 Å². The lowest BCUT2D eigenvalue weighted by Gasteiger charge is -2.29. The Bertz CT molecular complexity index is 587. The zero-order chi connectivity index (χ0) is 15.6. The first-order valence-electron chi connectivity index (χ1n) is 6.91. The van der Waals surface area contributed by atoms with E-state index in [1.165, 1.54) is 12.1 Å². The first kappa shape index (κ1) is 15.4. The summed E-state index contributed by atoms with van der Waals surface area (Å²) in [6.45, 7) is 4.08. The predicted octanol–water partition coefficient (Wildman–Crippen LogP) is 3.33. The summed E-state index contributed by atoms with van der Waals surface area (Å²) in [4.78, 5) is 21.8. The van der Waals surface area contributed by atoms with Crippen LogP contribution in [-0.2, 0) is 4.79 Å². The molecule has 1 aliphatic rings. The van der Waals surface area contributed by atoms with E-state index in [9.17, 15) is 20.0 Å². The number of allylic oxidation sites excluding steroid dienone is 1. The average Bonchev–Trinajstić information content (AvgIpc) is 2.36. The van der Waals surface area contributed by atoms with Crippen LogP contribution >= 0.6 is 0 Å². The highest BCUT2D eigenvalue weighted by Gasteiger charge is 2.28. The van der Waals surface area contributed by atoms with Crippen LogP contribution in [0.25, 0.3) is 0 Å². The maximum Gasteiger partial charge on any atom is 0.269 e. The van der Waals surface area contributed by atoms with Gasteiger partial charge in [-0.2, -0.15) is 0 Å². The fourth-order valence-electron chi connectivity index (χ4n) is 2.79. The molecule has 1 N–H and O–H groups in total. The van der Waals surface area contributed by atoms with Crippen molar-refractivity contribution >= 4 is 11.5 Å². The summed E-state index contributed by atoms with van der Waals surface area (Å²) in [5, 5.41) is 20.8. The van der Waals surface area contributed by atoms with Crippen molar-refractivity contribution in [2.75, 3.05) is 0 Å². The van der Waals surface area contributed by atoms with Crippen molar-refractivity contribution < 1.29 is 14.8 Å². The number of aliphatic hydroxyl groups is 1. The van der Waals surface area contributed by atoms with Crippen LogP contribution in [0.15, 0.2) is 35.9 Å². The summed E-state index contributed by atoms with van der Waals surface area (Å²) in [7, 11) is 0. The van der Waals surface area contributed by atoms with Gasteiger partial charge in [0.05, 0.1) is 11.0 Å². The third-order valence-electron chi connectivity index (χ3n) is 3.67. The lowest BCUT2D eigenvalue weighted by molar-refractivity contribution is -0.384. The molecule has 1 aromatic rings. The minimum Gasteiger partial charge on any atom is -0.388 e. The highest BCUT2D eigenvalue weighted by molar-refractivity contribution is 5.91. The van der Waals surface area contributed by atoms with E-state index in [4.69, 9.17) is 0 Å². The molecule has 0 heterocycles. The third-order valence-corrected chi connectivity index (χ3v) is 3.67.